The first kappa shape index (κ1) is 14.4. The van der Waals surface area contributed by atoms with Crippen molar-refractivity contribution in [2.24, 2.45) is 5.73 Å². The van der Waals surface area contributed by atoms with Gasteiger partial charge >= 0.3 is 0 Å². The van der Waals surface area contributed by atoms with E-state index in [1.54, 1.807) is 0 Å². The maximum absolute atomic E-state index is 11.7. The van der Waals surface area contributed by atoms with Gasteiger partial charge in [-0.05, 0) is 26.2 Å². The van der Waals surface area contributed by atoms with Crippen molar-refractivity contribution in [1.29, 1.82) is 0 Å². The van der Waals surface area contributed by atoms with E-state index >= 15 is 0 Å². The predicted molar refractivity (Wildman–Crippen MR) is 64.6 cm³/mol. The maximum atomic E-state index is 11.7. The molecule has 0 saturated heterocycles. The van der Waals surface area contributed by atoms with Gasteiger partial charge in [0.2, 0.25) is 5.91 Å². The summed E-state index contributed by atoms with van der Waals surface area (Å²) < 4.78 is 0. The van der Waals surface area contributed by atoms with E-state index in [2.05, 4.69) is 33.0 Å². The fourth-order valence-electron chi connectivity index (χ4n) is 1.37. The molecule has 0 aliphatic heterocycles. The molecule has 0 unspecified atom stereocenters. The molecule has 3 N–H and O–H groups in total. The Balaban J connectivity index is 4.10. The number of nitrogens with one attached hydrogen (secondary N) is 1. The third-order valence-corrected chi connectivity index (χ3v) is 3.19. The Morgan fingerprint density at radius 2 is 1.87 bits per heavy atom. The summed E-state index contributed by atoms with van der Waals surface area (Å²) in [6.45, 7) is 8.34. The largest absolute Gasteiger partial charge is 0.350 e. The van der Waals surface area contributed by atoms with Crippen molar-refractivity contribution in [2.45, 2.75) is 71.4 Å². The predicted octanol–water partition coefficient (Wildman–Crippen LogP) is 2.20. The van der Waals surface area contributed by atoms with Crippen molar-refractivity contribution in [3.8, 4) is 0 Å². The van der Waals surface area contributed by atoms with Crippen LogP contribution in [0.5, 0.6) is 0 Å². The van der Waals surface area contributed by atoms with Gasteiger partial charge in [-0.25, -0.2) is 0 Å². The van der Waals surface area contributed by atoms with Crippen molar-refractivity contribution in [3.63, 3.8) is 0 Å². The second kappa shape index (κ2) is 6.83. The zero-order valence-corrected chi connectivity index (χ0v) is 10.6. The average molecular weight is 214 g/mol. The third-order valence-electron chi connectivity index (χ3n) is 3.19. The van der Waals surface area contributed by atoms with Crippen LogP contribution in [0, 0.1) is 0 Å². The highest BCUT2D eigenvalue weighted by atomic mass is 16.2. The third kappa shape index (κ3) is 5.17. The number of rotatable bonds is 7. The van der Waals surface area contributed by atoms with Crippen LogP contribution >= 0.6 is 0 Å². The standard InChI is InChI=1S/C12H26N2O/c1-5-8-9-10(13)11(15)14-12(4,6-2)7-3/h10H,5-9,13H2,1-4H3,(H,14,15)/t10-/m0/s1. The molecular formula is C12H26N2O. The van der Waals surface area contributed by atoms with Gasteiger partial charge in [0.1, 0.15) is 0 Å². The second-order valence-corrected chi connectivity index (χ2v) is 4.51. The maximum Gasteiger partial charge on any atom is 0.237 e. The number of carbonyl (C=O) groups is 1. The molecule has 3 heteroatoms. The van der Waals surface area contributed by atoms with E-state index < -0.39 is 0 Å². The molecule has 0 fully saturated rings. The Kier molecular flexibility index (Phi) is 6.57. The summed E-state index contributed by atoms with van der Waals surface area (Å²) in [7, 11) is 0. The van der Waals surface area contributed by atoms with Crippen LogP contribution in [0.3, 0.4) is 0 Å². The molecule has 0 aliphatic rings. The molecule has 0 saturated carbocycles. The molecule has 90 valence electrons. The van der Waals surface area contributed by atoms with Crippen LogP contribution < -0.4 is 11.1 Å². The van der Waals surface area contributed by atoms with Gasteiger partial charge in [-0.3, -0.25) is 4.79 Å². The van der Waals surface area contributed by atoms with Gasteiger partial charge in [0.25, 0.3) is 0 Å². The fourth-order valence-corrected chi connectivity index (χ4v) is 1.37. The van der Waals surface area contributed by atoms with Crippen molar-refractivity contribution in [2.75, 3.05) is 0 Å². The van der Waals surface area contributed by atoms with Gasteiger partial charge < -0.3 is 11.1 Å². The van der Waals surface area contributed by atoms with Crippen LogP contribution in [0.25, 0.3) is 0 Å². The summed E-state index contributed by atoms with van der Waals surface area (Å²) in [5.74, 6) is -0.00495. The monoisotopic (exact) mass is 214 g/mol. The molecule has 0 aromatic heterocycles. The van der Waals surface area contributed by atoms with Crippen LogP contribution in [0.2, 0.25) is 0 Å². The molecule has 0 spiro atoms. The number of amides is 1. The molecule has 1 amide bonds. The Morgan fingerprint density at radius 3 is 2.27 bits per heavy atom. The van der Waals surface area contributed by atoms with E-state index in [1.807, 2.05) is 0 Å². The van der Waals surface area contributed by atoms with Crippen LogP contribution in [-0.4, -0.2) is 17.5 Å². The van der Waals surface area contributed by atoms with Crippen LogP contribution in [0.4, 0.5) is 0 Å². The molecule has 3 nitrogen and oxygen atoms in total. The highest BCUT2D eigenvalue weighted by molar-refractivity contribution is 5.82. The van der Waals surface area contributed by atoms with E-state index in [1.165, 1.54) is 0 Å². The molecule has 0 radical (unpaired) electrons. The lowest BCUT2D eigenvalue weighted by atomic mass is 9.95. The molecule has 15 heavy (non-hydrogen) atoms. The number of hydrogen-bond donors (Lipinski definition) is 2. The first-order valence-corrected chi connectivity index (χ1v) is 6.06. The van der Waals surface area contributed by atoms with Crippen molar-refractivity contribution >= 4 is 5.91 Å². The highest BCUT2D eigenvalue weighted by Gasteiger charge is 2.24. The van der Waals surface area contributed by atoms with Crippen molar-refractivity contribution < 1.29 is 4.79 Å². The lowest BCUT2D eigenvalue weighted by Gasteiger charge is -2.29. The quantitative estimate of drug-likeness (QED) is 0.682. The van der Waals surface area contributed by atoms with Crippen LogP contribution in [0.15, 0.2) is 0 Å². The summed E-state index contributed by atoms with van der Waals surface area (Å²) in [6, 6.07) is -0.345. The van der Waals surface area contributed by atoms with Crippen LogP contribution in [-0.2, 0) is 4.79 Å². The van der Waals surface area contributed by atoms with Crippen molar-refractivity contribution in [3.05, 3.63) is 0 Å². The lowest BCUT2D eigenvalue weighted by molar-refractivity contribution is -0.124. The van der Waals surface area contributed by atoms with Gasteiger partial charge in [0, 0.05) is 5.54 Å². The normalized spacial score (nSPS) is 13.7. The van der Waals surface area contributed by atoms with Gasteiger partial charge in [-0.1, -0.05) is 33.6 Å². The number of hydrogen-bond acceptors (Lipinski definition) is 2. The molecule has 0 aromatic rings. The van der Waals surface area contributed by atoms with E-state index in [0.29, 0.717) is 0 Å². The van der Waals surface area contributed by atoms with Gasteiger partial charge in [0.05, 0.1) is 6.04 Å². The molecule has 0 bridgehead atoms. The Hall–Kier alpha value is -0.570. The summed E-state index contributed by atoms with van der Waals surface area (Å²) in [4.78, 5) is 11.7. The highest BCUT2D eigenvalue weighted by Crippen LogP contribution is 2.13. The number of unbranched alkanes of at least 4 members (excludes halogenated alkanes) is 1. The zero-order chi connectivity index (χ0) is 11.9. The first-order valence-electron chi connectivity index (χ1n) is 6.06. The smallest absolute Gasteiger partial charge is 0.237 e. The SMILES string of the molecule is CCCC[C@H](N)C(=O)NC(C)(CC)CC. The zero-order valence-electron chi connectivity index (χ0n) is 10.6. The molecule has 0 aromatic carbocycles. The minimum atomic E-state index is -0.345. The Labute approximate surface area is 93.8 Å². The topological polar surface area (TPSA) is 55.1 Å². The molecule has 0 rings (SSSR count). The van der Waals surface area contributed by atoms with E-state index in [9.17, 15) is 4.79 Å². The van der Waals surface area contributed by atoms with Crippen molar-refractivity contribution in [1.82, 2.24) is 5.32 Å². The number of nitrogens with two attached hydrogens (primary N) is 1. The Bertz CT molecular complexity index is 188. The average Bonchev–Trinajstić information content (AvgIpc) is 2.25. The van der Waals surface area contributed by atoms with E-state index in [4.69, 9.17) is 5.73 Å². The molecule has 1 atom stereocenters. The molecule has 0 aliphatic carbocycles. The van der Waals surface area contributed by atoms with Gasteiger partial charge in [-0.15, -0.1) is 0 Å². The van der Waals surface area contributed by atoms with Gasteiger partial charge in [0.15, 0.2) is 0 Å². The van der Waals surface area contributed by atoms with E-state index in [-0.39, 0.29) is 17.5 Å². The first-order chi connectivity index (χ1) is 6.99. The number of carbonyl (C=O) groups excluding carboxylic acids is 1. The minimum absolute atomic E-state index is 0.00495. The van der Waals surface area contributed by atoms with Gasteiger partial charge in [-0.2, -0.15) is 0 Å². The van der Waals surface area contributed by atoms with Crippen LogP contribution in [0.1, 0.15) is 59.8 Å². The summed E-state index contributed by atoms with van der Waals surface area (Å²) in [6.07, 6.45) is 4.76. The summed E-state index contributed by atoms with van der Waals surface area (Å²) in [5.41, 5.74) is 5.71. The minimum Gasteiger partial charge on any atom is -0.350 e. The Morgan fingerprint density at radius 1 is 1.33 bits per heavy atom. The second-order valence-electron chi connectivity index (χ2n) is 4.51. The lowest BCUT2D eigenvalue weighted by Crippen LogP contribution is -2.51. The fraction of sp³-hybridized carbons (Fsp3) is 0.917. The summed E-state index contributed by atoms with van der Waals surface area (Å²) in [5, 5.41) is 3.04. The molecular weight excluding hydrogens is 188 g/mol. The molecule has 0 heterocycles. The van der Waals surface area contributed by atoms with E-state index in [0.717, 1.165) is 32.1 Å². The summed E-state index contributed by atoms with van der Waals surface area (Å²) >= 11 is 0.